The molecule has 0 aliphatic rings. The second kappa shape index (κ2) is 3.91. The molecule has 0 bridgehead atoms. The molecule has 0 aromatic carbocycles. The van der Waals surface area contributed by atoms with E-state index in [1.807, 2.05) is 0 Å². The van der Waals surface area contributed by atoms with Crippen LogP contribution in [-0.4, -0.2) is 10.2 Å². The van der Waals surface area contributed by atoms with Crippen molar-refractivity contribution in [2.24, 2.45) is 0 Å². The Balaban J connectivity index is 3.31. The normalized spacial score (nSPS) is 10.7. The Bertz CT molecular complexity index is 382. The third-order valence-corrected chi connectivity index (χ3v) is 1.56. The average Bonchev–Trinajstić information content (AvgIpc) is 2.07. The van der Waals surface area contributed by atoms with Gasteiger partial charge < -0.3 is 0 Å². The van der Waals surface area contributed by atoms with Crippen molar-refractivity contribution in [2.45, 2.75) is 6.43 Å². The fraction of sp³-hybridized carbons (Fsp3) is 0.143. The molecule has 0 unspecified atom stereocenters. The molecule has 0 N–H and O–H groups in total. The zero-order valence-electron chi connectivity index (χ0n) is 6.40. The first-order valence-electron chi connectivity index (χ1n) is 3.27. The van der Waals surface area contributed by atoms with Crippen LogP contribution in [0.4, 0.5) is 17.6 Å². The Kier molecular flexibility index (Phi) is 3.05. The molecule has 0 saturated heterocycles. The summed E-state index contributed by atoms with van der Waals surface area (Å²) < 4.78 is 49.4. The summed E-state index contributed by atoms with van der Waals surface area (Å²) in [6, 6.07) is 0.197. The van der Waals surface area contributed by atoms with Crippen molar-refractivity contribution in [3.63, 3.8) is 0 Å². The van der Waals surface area contributed by atoms with E-state index in [1.54, 1.807) is 0 Å². The fourth-order valence-corrected chi connectivity index (χ4v) is 0.904. The zero-order valence-corrected chi connectivity index (χ0v) is 7.16. The van der Waals surface area contributed by atoms with Gasteiger partial charge in [0, 0.05) is 0 Å². The second-order valence-electron chi connectivity index (χ2n) is 2.27. The highest BCUT2D eigenvalue weighted by Gasteiger charge is 2.21. The lowest BCUT2D eigenvalue weighted by molar-refractivity contribution is 0.106. The maximum absolute atomic E-state index is 12.8. The summed E-state index contributed by atoms with van der Waals surface area (Å²) in [5, 5.41) is -1.35. The lowest BCUT2D eigenvalue weighted by Crippen LogP contribution is -2.05. The summed E-state index contributed by atoms with van der Waals surface area (Å²) in [6.07, 6.45) is -3.20. The van der Waals surface area contributed by atoms with E-state index in [1.165, 1.54) is 0 Å². The van der Waals surface area contributed by atoms with Crippen LogP contribution in [0.25, 0.3) is 0 Å². The smallest absolute Gasteiger partial charge is 0.273 e. The molecule has 1 heterocycles. The van der Waals surface area contributed by atoms with Crippen LogP contribution >= 0.6 is 11.6 Å². The van der Waals surface area contributed by atoms with Gasteiger partial charge >= 0.3 is 0 Å². The molecule has 0 radical (unpaired) electrons. The Hall–Kier alpha value is -1.17. The van der Waals surface area contributed by atoms with E-state index in [9.17, 15) is 22.4 Å². The summed E-state index contributed by atoms with van der Waals surface area (Å²) in [5.74, 6) is -2.98. The number of rotatable bonds is 2. The highest BCUT2D eigenvalue weighted by atomic mass is 35.5. The van der Waals surface area contributed by atoms with Gasteiger partial charge in [-0.25, -0.2) is 18.2 Å². The molecule has 1 rings (SSSR count). The van der Waals surface area contributed by atoms with Crippen molar-refractivity contribution in [3.8, 4) is 0 Å². The lowest BCUT2D eigenvalue weighted by atomic mass is 10.2. The fourth-order valence-electron chi connectivity index (χ4n) is 0.771. The highest BCUT2D eigenvalue weighted by Crippen LogP contribution is 2.23. The number of carbonyl (C=O) groups is 1. The standard InChI is InChI=1S/C7H2ClF4NO/c8-5(14)4-3(9)1-2(6(10)11)7(12)13-4/h1,6H. The molecule has 0 aliphatic carbocycles. The van der Waals surface area contributed by atoms with Crippen molar-refractivity contribution in [2.75, 3.05) is 0 Å². The molecule has 0 atom stereocenters. The van der Waals surface area contributed by atoms with E-state index >= 15 is 0 Å². The van der Waals surface area contributed by atoms with Crippen LogP contribution in [0.15, 0.2) is 6.07 Å². The predicted octanol–water partition coefficient (Wildman–Crippen LogP) is 2.68. The Morgan fingerprint density at radius 1 is 1.43 bits per heavy atom. The molecular formula is C7H2ClF4NO. The summed E-state index contributed by atoms with van der Waals surface area (Å²) in [5.41, 5.74) is -2.21. The Labute approximate surface area is 80.5 Å². The minimum Gasteiger partial charge on any atom is -0.274 e. The van der Waals surface area contributed by atoms with Gasteiger partial charge in [-0.15, -0.1) is 0 Å². The quantitative estimate of drug-likeness (QED) is 0.442. The van der Waals surface area contributed by atoms with Gasteiger partial charge in [0.1, 0.15) is 0 Å². The van der Waals surface area contributed by atoms with Crippen LogP contribution in [-0.2, 0) is 0 Å². The van der Waals surface area contributed by atoms with Gasteiger partial charge in [-0.2, -0.15) is 4.39 Å². The van der Waals surface area contributed by atoms with Crippen molar-refractivity contribution in [1.29, 1.82) is 0 Å². The van der Waals surface area contributed by atoms with E-state index in [4.69, 9.17) is 11.6 Å². The molecule has 0 amide bonds. The van der Waals surface area contributed by atoms with E-state index < -0.39 is 34.7 Å². The molecule has 14 heavy (non-hydrogen) atoms. The third-order valence-electron chi connectivity index (χ3n) is 1.38. The number of alkyl halides is 2. The van der Waals surface area contributed by atoms with E-state index in [0.717, 1.165) is 0 Å². The molecule has 1 aromatic rings. The van der Waals surface area contributed by atoms with Crippen molar-refractivity contribution in [1.82, 2.24) is 4.98 Å². The first-order chi connectivity index (χ1) is 6.43. The van der Waals surface area contributed by atoms with Gasteiger partial charge in [0.25, 0.3) is 11.7 Å². The summed E-state index contributed by atoms with van der Waals surface area (Å²) in [6.45, 7) is 0. The van der Waals surface area contributed by atoms with Crippen molar-refractivity contribution in [3.05, 3.63) is 29.1 Å². The maximum atomic E-state index is 12.8. The van der Waals surface area contributed by atoms with Crippen molar-refractivity contribution < 1.29 is 22.4 Å². The summed E-state index contributed by atoms with van der Waals surface area (Å²) >= 11 is 4.82. The number of nitrogens with zero attached hydrogens (tertiary/aromatic N) is 1. The van der Waals surface area contributed by atoms with Gasteiger partial charge in [0.05, 0.1) is 5.56 Å². The van der Waals surface area contributed by atoms with Crippen LogP contribution in [0.1, 0.15) is 22.5 Å². The highest BCUT2D eigenvalue weighted by molar-refractivity contribution is 6.67. The predicted molar refractivity (Wildman–Crippen MR) is 39.3 cm³/mol. The Morgan fingerprint density at radius 2 is 2.00 bits per heavy atom. The van der Waals surface area contributed by atoms with Gasteiger partial charge in [0.15, 0.2) is 11.5 Å². The first-order valence-corrected chi connectivity index (χ1v) is 3.65. The number of carbonyl (C=O) groups excluding carboxylic acids is 1. The molecule has 7 heteroatoms. The van der Waals surface area contributed by atoms with Gasteiger partial charge in [0.2, 0.25) is 5.95 Å². The van der Waals surface area contributed by atoms with E-state index in [0.29, 0.717) is 0 Å². The summed E-state index contributed by atoms with van der Waals surface area (Å²) in [4.78, 5) is 13.1. The lowest BCUT2D eigenvalue weighted by Gasteiger charge is -2.02. The number of pyridine rings is 1. The minimum absolute atomic E-state index is 0.197. The monoisotopic (exact) mass is 227 g/mol. The van der Waals surface area contributed by atoms with Crippen LogP contribution in [0.5, 0.6) is 0 Å². The minimum atomic E-state index is -3.20. The van der Waals surface area contributed by atoms with Crippen molar-refractivity contribution >= 4 is 16.8 Å². The third kappa shape index (κ3) is 2.01. The van der Waals surface area contributed by atoms with Crippen LogP contribution < -0.4 is 0 Å². The maximum Gasteiger partial charge on any atom is 0.273 e. The van der Waals surface area contributed by atoms with Crippen LogP contribution in [0.3, 0.4) is 0 Å². The second-order valence-corrected chi connectivity index (χ2v) is 2.62. The molecule has 0 fully saturated rings. The molecule has 0 spiro atoms. The first kappa shape index (κ1) is 10.9. The molecule has 2 nitrogen and oxygen atoms in total. The largest absolute Gasteiger partial charge is 0.274 e. The van der Waals surface area contributed by atoms with E-state index in [2.05, 4.69) is 4.98 Å². The molecule has 0 saturated carbocycles. The number of aromatic nitrogens is 1. The molecule has 0 aliphatic heterocycles. The van der Waals surface area contributed by atoms with Gasteiger partial charge in [-0.3, -0.25) is 4.79 Å². The number of hydrogen-bond acceptors (Lipinski definition) is 2. The average molecular weight is 228 g/mol. The molecule has 1 aromatic heterocycles. The Morgan fingerprint density at radius 3 is 2.43 bits per heavy atom. The number of hydrogen-bond donors (Lipinski definition) is 0. The topological polar surface area (TPSA) is 30.0 Å². The molecular weight excluding hydrogens is 226 g/mol. The SMILES string of the molecule is O=C(Cl)c1nc(F)c(C(F)F)cc1F. The van der Waals surface area contributed by atoms with Crippen LogP contribution in [0.2, 0.25) is 0 Å². The number of halogens is 5. The van der Waals surface area contributed by atoms with Gasteiger partial charge in [-0.05, 0) is 17.7 Å². The summed E-state index contributed by atoms with van der Waals surface area (Å²) in [7, 11) is 0. The van der Waals surface area contributed by atoms with Crippen LogP contribution in [0, 0.1) is 11.8 Å². The molecule has 76 valence electrons. The zero-order chi connectivity index (χ0) is 10.9. The van der Waals surface area contributed by atoms with Gasteiger partial charge in [-0.1, -0.05) is 0 Å². The van der Waals surface area contributed by atoms with E-state index in [-0.39, 0.29) is 6.07 Å².